The second-order valence-electron chi connectivity index (χ2n) is 5.92. The van der Waals surface area contributed by atoms with E-state index in [9.17, 15) is 4.79 Å². The molecule has 3 aromatic rings. The van der Waals surface area contributed by atoms with Crippen molar-refractivity contribution in [1.29, 1.82) is 0 Å². The Hall–Kier alpha value is -2.76. The Morgan fingerprint density at radius 2 is 1.96 bits per heavy atom. The third-order valence-electron chi connectivity index (χ3n) is 4.38. The smallest absolute Gasteiger partial charge is 0.270 e. The highest BCUT2D eigenvalue weighted by Gasteiger charge is 2.23. The van der Waals surface area contributed by atoms with Gasteiger partial charge in [0.1, 0.15) is 5.69 Å². The molecule has 0 radical (unpaired) electrons. The van der Waals surface area contributed by atoms with Crippen LogP contribution in [0.15, 0.2) is 42.7 Å². The van der Waals surface area contributed by atoms with E-state index in [2.05, 4.69) is 15.0 Å². The van der Waals surface area contributed by atoms with Crippen LogP contribution in [0, 0.1) is 0 Å². The molecule has 23 heavy (non-hydrogen) atoms. The molecular formula is C17H19N5O. The molecule has 6 heteroatoms. The van der Waals surface area contributed by atoms with Crippen LogP contribution in [0.3, 0.4) is 0 Å². The normalized spacial score (nSPS) is 15.3. The van der Waals surface area contributed by atoms with Gasteiger partial charge in [0.2, 0.25) is 0 Å². The molecule has 4 rings (SSSR count). The predicted molar refractivity (Wildman–Crippen MR) is 89.6 cm³/mol. The molecule has 0 saturated carbocycles. The SMILES string of the molecule is Cn1cc(N2CCN(C(=O)c3cc4ccccc4[nH]3)CC2)cn1. The fourth-order valence-corrected chi connectivity index (χ4v) is 3.10. The first-order valence-electron chi connectivity index (χ1n) is 7.81. The summed E-state index contributed by atoms with van der Waals surface area (Å²) in [7, 11) is 1.92. The molecule has 1 aliphatic rings. The summed E-state index contributed by atoms with van der Waals surface area (Å²) in [4.78, 5) is 20.1. The minimum atomic E-state index is 0.0760. The van der Waals surface area contributed by atoms with Crippen LogP contribution in [0.4, 0.5) is 5.69 Å². The number of aromatic amines is 1. The molecule has 1 aliphatic heterocycles. The van der Waals surface area contributed by atoms with E-state index in [1.54, 1.807) is 4.68 Å². The third-order valence-corrected chi connectivity index (χ3v) is 4.38. The lowest BCUT2D eigenvalue weighted by Crippen LogP contribution is -2.48. The maximum Gasteiger partial charge on any atom is 0.270 e. The number of nitrogens with zero attached hydrogens (tertiary/aromatic N) is 4. The highest BCUT2D eigenvalue weighted by molar-refractivity contribution is 5.98. The number of aryl methyl sites for hydroxylation is 1. The van der Waals surface area contributed by atoms with E-state index < -0.39 is 0 Å². The number of hydrogen-bond donors (Lipinski definition) is 1. The van der Waals surface area contributed by atoms with Gasteiger partial charge < -0.3 is 14.8 Å². The maximum absolute atomic E-state index is 12.7. The van der Waals surface area contributed by atoms with Crippen LogP contribution in [0.2, 0.25) is 0 Å². The number of para-hydroxylation sites is 1. The number of carbonyl (C=O) groups excluding carboxylic acids is 1. The van der Waals surface area contributed by atoms with Crippen molar-refractivity contribution in [2.24, 2.45) is 7.05 Å². The molecule has 1 N–H and O–H groups in total. The fraction of sp³-hybridized carbons (Fsp3) is 0.294. The van der Waals surface area contributed by atoms with Crippen LogP contribution in [0.25, 0.3) is 10.9 Å². The first kappa shape index (κ1) is 13.9. The van der Waals surface area contributed by atoms with E-state index in [0.717, 1.165) is 42.8 Å². The van der Waals surface area contributed by atoms with Gasteiger partial charge in [-0.15, -0.1) is 0 Å². The van der Waals surface area contributed by atoms with Gasteiger partial charge in [0.25, 0.3) is 5.91 Å². The number of benzene rings is 1. The lowest BCUT2D eigenvalue weighted by atomic mass is 10.2. The molecule has 3 heterocycles. The number of rotatable bonds is 2. The highest BCUT2D eigenvalue weighted by Crippen LogP contribution is 2.19. The molecular weight excluding hydrogens is 290 g/mol. The Kier molecular flexibility index (Phi) is 3.29. The van der Waals surface area contributed by atoms with Crippen molar-refractivity contribution in [3.63, 3.8) is 0 Å². The standard InChI is InChI=1S/C17H19N5O/c1-20-12-14(11-18-20)21-6-8-22(9-7-21)17(23)16-10-13-4-2-3-5-15(13)19-16/h2-5,10-12,19H,6-9H2,1H3. The zero-order valence-electron chi connectivity index (χ0n) is 13.1. The van der Waals surface area contributed by atoms with Crippen LogP contribution in [0.5, 0.6) is 0 Å². The number of hydrogen-bond acceptors (Lipinski definition) is 3. The molecule has 1 amide bonds. The van der Waals surface area contributed by atoms with Crippen LogP contribution in [0.1, 0.15) is 10.5 Å². The van der Waals surface area contributed by atoms with Gasteiger partial charge in [0, 0.05) is 50.3 Å². The van der Waals surface area contributed by atoms with Crippen molar-refractivity contribution >= 4 is 22.5 Å². The van der Waals surface area contributed by atoms with Crippen molar-refractivity contribution < 1.29 is 4.79 Å². The van der Waals surface area contributed by atoms with Gasteiger partial charge in [0.05, 0.1) is 11.9 Å². The topological polar surface area (TPSA) is 57.2 Å². The summed E-state index contributed by atoms with van der Waals surface area (Å²) in [5, 5.41) is 5.28. The summed E-state index contributed by atoms with van der Waals surface area (Å²) >= 11 is 0. The Labute approximate surface area is 134 Å². The summed E-state index contributed by atoms with van der Waals surface area (Å²) in [6.45, 7) is 3.11. The molecule has 0 aliphatic carbocycles. The summed E-state index contributed by atoms with van der Waals surface area (Å²) in [5.74, 6) is 0.0760. The third kappa shape index (κ3) is 2.56. The molecule has 0 bridgehead atoms. The van der Waals surface area contributed by atoms with Crippen LogP contribution in [-0.2, 0) is 7.05 Å². The number of fused-ring (bicyclic) bond motifs is 1. The van der Waals surface area contributed by atoms with Gasteiger partial charge in [-0.3, -0.25) is 9.48 Å². The summed E-state index contributed by atoms with van der Waals surface area (Å²) < 4.78 is 1.80. The second-order valence-corrected chi connectivity index (χ2v) is 5.92. The molecule has 0 spiro atoms. The van der Waals surface area contributed by atoms with Crippen molar-refractivity contribution in [2.45, 2.75) is 0 Å². The minimum absolute atomic E-state index is 0.0760. The lowest BCUT2D eigenvalue weighted by molar-refractivity contribution is 0.0742. The first-order chi connectivity index (χ1) is 11.2. The van der Waals surface area contributed by atoms with Crippen molar-refractivity contribution in [1.82, 2.24) is 19.7 Å². The van der Waals surface area contributed by atoms with E-state index in [1.807, 2.05) is 54.7 Å². The van der Waals surface area contributed by atoms with Crippen molar-refractivity contribution in [2.75, 3.05) is 31.1 Å². The zero-order valence-corrected chi connectivity index (χ0v) is 13.1. The number of carbonyl (C=O) groups is 1. The molecule has 118 valence electrons. The number of nitrogens with one attached hydrogen (secondary N) is 1. The summed E-state index contributed by atoms with van der Waals surface area (Å²) in [6.07, 6.45) is 3.88. The number of H-pyrrole nitrogens is 1. The van der Waals surface area contributed by atoms with Gasteiger partial charge >= 0.3 is 0 Å². The van der Waals surface area contributed by atoms with Crippen LogP contribution in [-0.4, -0.2) is 51.8 Å². The van der Waals surface area contributed by atoms with Gasteiger partial charge in [-0.25, -0.2) is 0 Å². The van der Waals surface area contributed by atoms with Crippen molar-refractivity contribution in [3.05, 3.63) is 48.4 Å². The monoisotopic (exact) mass is 309 g/mol. The van der Waals surface area contributed by atoms with E-state index in [-0.39, 0.29) is 5.91 Å². The van der Waals surface area contributed by atoms with E-state index in [4.69, 9.17) is 0 Å². The number of anilines is 1. The number of amides is 1. The molecule has 6 nitrogen and oxygen atoms in total. The Bertz CT molecular complexity index is 808. The average Bonchev–Trinajstić information content (AvgIpc) is 3.20. The molecule has 2 aromatic heterocycles. The molecule has 1 aromatic carbocycles. The van der Waals surface area contributed by atoms with Gasteiger partial charge in [-0.2, -0.15) is 5.10 Å². The van der Waals surface area contributed by atoms with Crippen LogP contribution >= 0.6 is 0 Å². The quantitative estimate of drug-likeness (QED) is 0.786. The highest BCUT2D eigenvalue weighted by atomic mass is 16.2. The van der Waals surface area contributed by atoms with E-state index >= 15 is 0 Å². The van der Waals surface area contributed by atoms with E-state index in [1.165, 1.54) is 0 Å². The number of aromatic nitrogens is 3. The second kappa shape index (κ2) is 5.46. The molecule has 1 fully saturated rings. The Morgan fingerprint density at radius 3 is 2.65 bits per heavy atom. The van der Waals surface area contributed by atoms with E-state index in [0.29, 0.717) is 5.69 Å². The molecule has 0 atom stereocenters. The molecule has 1 saturated heterocycles. The largest absolute Gasteiger partial charge is 0.365 e. The summed E-state index contributed by atoms with van der Waals surface area (Å²) in [6, 6.07) is 9.90. The van der Waals surface area contributed by atoms with Gasteiger partial charge in [-0.1, -0.05) is 18.2 Å². The van der Waals surface area contributed by atoms with Gasteiger partial charge in [-0.05, 0) is 12.1 Å². The summed E-state index contributed by atoms with van der Waals surface area (Å²) in [5.41, 5.74) is 2.79. The maximum atomic E-state index is 12.7. The Morgan fingerprint density at radius 1 is 1.17 bits per heavy atom. The fourth-order valence-electron chi connectivity index (χ4n) is 3.10. The van der Waals surface area contributed by atoms with Crippen molar-refractivity contribution in [3.8, 4) is 0 Å². The Balaban J connectivity index is 1.46. The first-order valence-corrected chi connectivity index (χ1v) is 7.81. The predicted octanol–water partition coefficient (Wildman–Crippen LogP) is 1.86. The van der Waals surface area contributed by atoms with Gasteiger partial charge in [0.15, 0.2) is 0 Å². The lowest BCUT2D eigenvalue weighted by Gasteiger charge is -2.35. The minimum Gasteiger partial charge on any atom is -0.365 e. The average molecular weight is 309 g/mol. The zero-order chi connectivity index (χ0) is 15.8. The van der Waals surface area contributed by atoms with Crippen LogP contribution < -0.4 is 4.90 Å². The number of piperazine rings is 1. The molecule has 0 unspecified atom stereocenters.